The van der Waals surface area contributed by atoms with E-state index in [9.17, 15) is 14.4 Å². The molecule has 0 aromatic carbocycles. The number of hydrazine groups is 1. The van der Waals surface area contributed by atoms with Crippen LogP contribution in [0.4, 0.5) is 0 Å². The number of H-pyrrole nitrogens is 1. The van der Waals surface area contributed by atoms with Crippen molar-refractivity contribution in [2.24, 2.45) is 5.84 Å². The average Bonchev–Trinajstić information content (AvgIpc) is 2.83. The second-order valence-corrected chi connectivity index (χ2v) is 4.56. The summed E-state index contributed by atoms with van der Waals surface area (Å²) in [5, 5.41) is 0. The minimum Gasteiger partial charge on any atom is -0.363 e. The molecule has 1 saturated heterocycles. The van der Waals surface area contributed by atoms with Gasteiger partial charge in [0.25, 0.3) is 11.5 Å². The molecule has 0 saturated carbocycles. The average molecular weight is 268 g/mol. The molecule has 0 spiro atoms. The Bertz CT molecular complexity index is 591. The van der Waals surface area contributed by atoms with E-state index in [2.05, 4.69) is 4.98 Å². The molecule has 2 rings (SSSR count). The fourth-order valence-corrected chi connectivity index (χ4v) is 2.10. The molecule has 0 bridgehead atoms. The van der Waals surface area contributed by atoms with Crippen LogP contribution in [0.25, 0.3) is 0 Å². The highest BCUT2D eigenvalue weighted by atomic mass is 16.5. The van der Waals surface area contributed by atoms with Crippen molar-refractivity contribution in [2.45, 2.75) is 38.5 Å². The van der Waals surface area contributed by atoms with Crippen LogP contribution in [-0.2, 0) is 16.1 Å². The van der Waals surface area contributed by atoms with Crippen LogP contribution in [-0.4, -0.2) is 27.7 Å². The van der Waals surface area contributed by atoms with Crippen LogP contribution >= 0.6 is 0 Å². The number of amides is 1. The van der Waals surface area contributed by atoms with Gasteiger partial charge in [-0.05, 0) is 19.8 Å². The van der Waals surface area contributed by atoms with Gasteiger partial charge in [-0.3, -0.25) is 24.6 Å². The topological polar surface area (TPSA) is 119 Å². The van der Waals surface area contributed by atoms with Crippen molar-refractivity contribution in [1.29, 1.82) is 0 Å². The standard InChI is InChI=1S/C11H16N4O4/c1-6-4-15(11(18)13-9(6)16)5-7-2-3-8(19-7)10(17)14-12/h4,7-8H,2-3,5,12H2,1H3,(H,14,17)(H,13,16,18). The molecule has 1 amide bonds. The third-order valence-electron chi connectivity index (χ3n) is 3.13. The summed E-state index contributed by atoms with van der Waals surface area (Å²) in [6.45, 7) is 1.92. The molecule has 8 heteroatoms. The second-order valence-electron chi connectivity index (χ2n) is 4.56. The summed E-state index contributed by atoms with van der Waals surface area (Å²) in [4.78, 5) is 36.4. The van der Waals surface area contributed by atoms with Crippen molar-refractivity contribution in [3.05, 3.63) is 32.6 Å². The van der Waals surface area contributed by atoms with E-state index < -0.39 is 17.4 Å². The number of hydrogen-bond acceptors (Lipinski definition) is 5. The number of carbonyl (C=O) groups is 1. The Morgan fingerprint density at radius 1 is 1.58 bits per heavy atom. The molecule has 1 aliphatic heterocycles. The number of nitrogens with zero attached hydrogens (tertiary/aromatic N) is 1. The quantitative estimate of drug-likeness (QED) is 0.346. The number of aromatic nitrogens is 2. The van der Waals surface area contributed by atoms with Crippen LogP contribution in [0.2, 0.25) is 0 Å². The first-order valence-corrected chi connectivity index (χ1v) is 5.97. The van der Waals surface area contributed by atoms with Gasteiger partial charge >= 0.3 is 5.69 Å². The largest absolute Gasteiger partial charge is 0.363 e. The number of carbonyl (C=O) groups excluding carboxylic acids is 1. The molecule has 0 radical (unpaired) electrons. The first-order valence-electron chi connectivity index (χ1n) is 5.97. The Labute approximate surface area is 108 Å². The predicted molar refractivity (Wildman–Crippen MR) is 66.3 cm³/mol. The SMILES string of the molecule is Cc1cn(CC2CCC(C(=O)NN)O2)c(=O)[nH]c1=O. The first kappa shape index (κ1) is 13.5. The number of rotatable bonds is 3. The van der Waals surface area contributed by atoms with E-state index in [4.69, 9.17) is 10.6 Å². The van der Waals surface area contributed by atoms with E-state index in [1.165, 1.54) is 10.8 Å². The lowest BCUT2D eigenvalue weighted by molar-refractivity contribution is -0.132. The summed E-state index contributed by atoms with van der Waals surface area (Å²) in [5.74, 6) is 4.67. The molecular weight excluding hydrogens is 252 g/mol. The van der Waals surface area contributed by atoms with E-state index >= 15 is 0 Å². The number of nitrogens with one attached hydrogen (secondary N) is 2. The minimum absolute atomic E-state index is 0.245. The minimum atomic E-state index is -0.574. The van der Waals surface area contributed by atoms with Gasteiger partial charge in [-0.1, -0.05) is 0 Å². The third-order valence-corrected chi connectivity index (χ3v) is 3.13. The molecule has 2 unspecified atom stereocenters. The molecule has 4 N–H and O–H groups in total. The van der Waals surface area contributed by atoms with E-state index in [0.717, 1.165) is 0 Å². The van der Waals surface area contributed by atoms with Crippen LogP contribution < -0.4 is 22.5 Å². The van der Waals surface area contributed by atoms with Gasteiger partial charge < -0.3 is 4.74 Å². The summed E-state index contributed by atoms with van der Waals surface area (Å²) in [6.07, 6.45) is 1.88. The fraction of sp³-hybridized carbons (Fsp3) is 0.545. The maximum atomic E-state index is 11.6. The molecule has 8 nitrogen and oxygen atoms in total. The molecular formula is C11H16N4O4. The number of aromatic amines is 1. The van der Waals surface area contributed by atoms with E-state index in [1.807, 2.05) is 5.43 Å². The van der Waals surface area contributed by atoms with Gasteiger partial charge in [0.1, 0.15) is 6.10 Å². The highest BCUT2D eigenvalue weighted by Gasteiger charge is 2.30. The van der Waals surface area contributed by atoms with E-state index in [1.54, 1.807) is 6.92 Å². The first-order chi connectivity index (χ1) is 9.01. The predicted octanol–water partition coefficient (Wildman–Crippen LogP) is -1.62. The van der Waals surface area contributed by atoms with Crippen molar-refractivity contribution in [3.8, 4) is 0 Å². The van der Waals surface area contributed by atoms with Gasteiger partial charge in [0.2, 0.25) is 0 Å². The zero-order chi connectivity index (χ0) is 14.0. The van der Waals surface area contributed by atoms with E-state index in [-0.39, 0.29) is 12.0 Å². The smallest absolute Gasteiger partial charge is 0.328 e. The third kappa shape index (κ3) is 2.91. The highest BCUT2D eigenvalue weighted by molar-refractivity contribution is 5.80. The van der Waals surface area contributed by atoms with Gasteiger partial charge in [0.05, 0.1) is 12.6 Å². The van der Waals surface area contributed by atoms with Crippen LogP contribution in [0.3, 0.4) is 0 Å². The lowest BCUT2D eigenvalue weighted by Gasteiger charge is -2.14. The zero-order valence-corrected chi connectivity index (χ0v) is 10.5. The lowest BCUT2D eigenvalue weighted by atomic mass is 10.2. The fourth-order valence-electron chi connectivity index (χ4n) is 2.10. The molecule has 1 aliphatic rings. The Hall–Kier alpha value is -1.93. The number of nitrogens with two attached hydrogens (primary N) is 1. The Morgan fingerprint density at radius 2 is 2.32 bits per heavy atom. The van der Waals surface area contributed by atoms with Crippen molar-refractivity contribution < 1.29 is 9.53 Å². The second kappa shape index (κ2) is 5.37. The maximum Gasteiger partial charge on any atom is 0.328 e. The number of hydrogen-bond donors (Lipinski definition) is 3. The summed E-state index contributed by atoms with van der Waals surface area (Å²) >= 11 is 0. The Balaban J connectivity index is 2.07. The number of aryl methyl sites for hydroxylation is 1. The van der Waals surface area contributed by atoms with Crippen molar-refractivity contribution in [3.63, 3.8) is 0 Å². The molecule has 104 valence electrons. The normalized spacial score (nSPS) is 22.4. The van der Waals surface area contributed by atoms with Gasteiger partial charge in [0.15, 0.2) is 0 Å². The number of ether oxygens (including phenoxy) is 1. The highest BCUT2D eigenvalue weighted by Crippen LogP contribution is 2.20. The van der Waals surface area contributed by atoms with Crippen molar-refractivity contribution in [2.75, 3.05) is 0 Å². The molecule has 2 atom stereocenters. The van der Waals surface area contributed by atoms with Crippen LogP contribution in [0.5, 0.6) is 0 Å². The van der Waals surface area contributed by atoms with E-state index in [0.29, 0.717) is 24.9 Å². The molecule has 2 heterocycles. The molecule has 1 aromatic rings. The van der Waals surface area contributed by atoms with Gasteiger partial charge in [-0.2, -0.15) is 0 Å². The van der Waals surface area contributed by atoms with Gasteiger partial charge in [-0.25, -0.2) is 10.6 Å². The lowest BCUT2D eigenvalue weighted by Crippen LogP contribution is -2.39. The van der Waals surface area contributed by atoms with Crippen molar-refractivity contribution >= 4 is 5.91 Å². The van der Waals surface area contributed by atoms with Crippen LogP contribution in [0.1, 0.15) is 18.4 Å². The maximum absolute atomic E-state index is 11.6. The van der Waals surface area contributed by atoms with Gasteiger partial charge in [-0.15, -0.1) is 0 Å². The van der Waals surface area contributed by atoms with Crippen LogP contribution in [0.15, 0.2) is 15.8 Å². The molecule has 1 aromatic heterocycles. The molecule has 0 aliphatic carbocycles. The molecule has 19 heavy (non-hydrogen) atoms. The Kier molecular flexibility index (Phi) is 3.82. The molecule has 1 fully saturated rings. The zero-order valence-electron chi connectivity index (χ0n) is 10.5. The van der Waals surface area contributed by atoms with Crippen molar-refractivity contribution in [1.82, 2.24) is 15.0 Å². The monoisotopic (exact) mass is 268 g/mol. The van der Waals surface area contributed by atoms with Crippen LogP contribution in [0, 0.1) is 6.92 Å². The van der Waals surface area contributed by atoms with Gasteiger partial charge in [0, 0.05) is 11.8 Å². The summed E-state index contributed by atoms with van der Waals surface area (Å²) in [7, 11) is 0. The summed E-state index contributed by atoms with van der Waals surface area (Å²) < 4.78 is 6.88. The Morgan fingerprint density at radius 3 is 3.00 bits per heavy atom. The summed E-state index contributed by atoms with van der Waals surface area (Å²) in [5.41, 5.74) is 1.62. The summed E-state index contributed by atoms with van der Waals surface area (Å²) in [6, 6.07) is 0.